The summed E-state index contributed by atoms with van der Waals surface area (Å²) >= 11 is 0. The Balaban J connectivity index is -0.00000000300. The van der Waals surface area contributed by atoms with Gasteiger partial charge in [0.15, 0.2) is 0 Å². The van der Waals surface area contributed by atoms with Crippen LogP contribution in [0.5, 0.6) is 0 Å². The van der Waals surface area contributed by atoms with Crippen molar-refractivity contribution in [1.29, 1.82) is 0 Å². The van der Waals surface area contributed by atoms with Gasteiger partial charge in [-0.1, -0.05) is 0 Å². The zero-order valence-corrected chi connectivity index (χ0v) is 6.19. The van der Waals surface area contributed by atoms with Crippen molar-refractivity contribution in [3.05, 3.63) is 10.1 Å². The van der Waals surface area contributed by atoms with Gasteiger partial charge in [0.1, 0.15) is 0 Å². The van der Waals surface area contributed by atoms with Crippen LogP contribution in [0.1, 0.15) is 0 Å². The van der Waals surface area contributed by atoms with Gasteiger partial charge in [0.25, 0.3) is 5.09 Å². The Morgan fingerprint density at radius 3 is 1.00 bits per heavy atom. The molecule has 78 valence electrons. The Kier molecular flexibility index (Phi) is 429. The van der Waals surface area contributed by atoms with Crippen molar-refractivity contribution in [3.8, 4) is 0 Å². The van der Waals surface area contributed by atoms with Gasteiger partial charge in [0, 0.05) is 46.9 Å². The van der Waals surface area contributed by atoms with Crippen molar-refractivity contribution < 1.29 is 84.6 Å². The quantitative estimate of drug-likeness (QED) is 0.343. The van der Waals surface area contributed by atoms with Crippen molar-refractivity contribution in [1.82, 2.24) is 0 Å². The van der Waals surface area contributed by atoms with E-state index in [0.29, 0.717) is 0 Å². The largest absolute Gasteiger partial charge is 0.412 e. The van der Waals surface area contributed by atoms with E-state index in [-0.39, 0.29) is 74.3 Å². The molecule has 0 saturated heterocycles. The van der Waals surface area contributed by atoms with E-state index < -0.39 is 5.09 Å². The second-order valence-electron chi connectivity index (χ2n) is 0.238. The average Bonchev–Trinajstić information content (AvgIpc) is 0.811. The summed E-state index contributed by atoms with van der Waals surface area (Å²) in [6.45, 7) is 0. The minimum absolute atomic E-state index is 0. The fourth-order valence-corrected chi connectivity index (χ4v) is 0. The second kappa shape index (κ2) is 55.8. The molecule has 11 N–H and O–H groups in total. The molecule has 0 fully saturated rings. The van der Waals surface area contributed by atoms with Gasteiger partial charge in [-0.3, -0.25) is 0 Å². The summed E-state index contributed by atoms with van der Waals surface area (Å²) in [5.74, 6) is 0. The molecule has 10 heavy (non-hydrogen) atoms. The van der Waals surface area contributed by atoms with Crippen LogP contribution in [0, 0.1) is 57.0 Å². The molecule has 10 heteroatoms. The van der Waals surface area contributed by atoms with Gasteiger partial charge in [0.2, 0.25) is 0 Å². The van der Waals surface area contributed by atoms with Crippen LogP contribution < -0.4 is 0 Å². The van der Waals surface area contributed by atoms with Gasteiger partial charge < -0.3 is 32.6 Å². The molecule has 0 aromatic carbocycles. The maximum absolute atomic E-state index is 8.36. The Hall–Kier alpha value is 0.519. The van der Waals surface area contributed by atoms with Gasteiger partial charge >= 0.3 is 0 Å². The summed E-state index contributed by atoms with van der Waals surface area (Å²) in [6.07, 6.45) is 0. The molecule has 0 aromatic heterocycles. The summed E-state index contributed by atoms with van der Waals surface area (Å²) in [6, 6.07) is 0. The molecule has 0 radical (unpaired) electrons. The molecule has 0 atom stereocenters. The van der Waals surface area contributed by atoms with Gasteiger partial charge in [-0.2, -0.15) is 0 Å². The standard InChI is InChI=1S/HNO3.5H2O.Yb/c2-1(3)4;;;;;;/h(H,2,3,4);5*1H2;. The first kappa shape index (κ1) is 77.0. The Morgan fingerprint density at radius 1 is 1.00 bits per heavy atom. The summed E-state index contributed by atoms with van der Waals surface area (Å²) in [5, 5.41) is 13.6. The van der Waals surface area contributed by atoms with Crippen molar-refractivity contribution >= 4 is 0 Å². The number of nitrogens with zero attached hydrogens (tertiary/aromatic N) is 1. The molecule has 0 unspecified atom stereocenters. The fraction of sp³-hybridized carbons (Fsp3) is 0. The Bertz CT molecular complexity index is 32.2. The van der Waals surface area contributed by atoms with E-state index in [4.69, 9.17) is 15.3 Å². The van der Waals surface area contributed by atoms with Crippen LogP contribution in [0.15, 0.2) is 0 Å². The summed E-state index contributed by atoms with van der Waals surface area (Å²) in [4.78, 5) is 8.36. The smallest absolute Gasteiger partial charge is 0.291 e. The molecule has 0 aliphatic carbocycles. The van der Waals surface area contributed by atoms with E-state index in [0.717, 1.165) is 0 Å². The molecular formula is H11NO8Yb. The first-order valence-electron chi connectivity index (χ1n) is 0.565. The summed E-state index contributed by atoms with van der Waals surface area (Å²) in [7, 11) is 0. The molecular weight excluding hydrogens is 315 g/mol. The van der Waals surface area contributed by atoms with Crippen LogP contribution >= 0.6 is 0 Å². The first-order chi connectivity index (χ1) is 1.73. The monoisotopic (exact) mass is 327 g/mol. The summed E-state index contributed by atoms with van der Waals surface area (Å²) < 4.78 is 0. The molecule has 0 rings (SSSR count). The fourth-order valence-electron chi connectivity index (χ4n) is 0. The Labute approximate surface area is 93.9 Å². The second-order valence-corrected chi connectivity index (χ2v) is 0.238. The third-order valence-electron chi connectivity index (χ3n) is 0. The number of hydrogen-bond donors (Lipinski definition) is 1. The van der Waals surface area contributed by atoms with Gasteiger partial charge in [-0.15, -0.1) is 10.1 Å². The average molecular weight is 326 g/mol. The van der Waals surface area contributed by atoms with E-state index in [9.17, 15) is 0 Å². The predicted molar refractivity (Wildman–Crippen MR) is 26.8 cm³/mol. The number of rotatable bonds is 0. The minimum Gasteiger partial charge on any atom is -0.412 e. The SMILES string of the molecule is O.O.O.O.O.O=[N+]([O-])O.[Yb]. The summed E-state index contributed by atoms with van der Waals surface area (Å²) in [5.41, 5.74) is 0. The molecule has 0 amide bonds. The first-order valence-corrected chi connectivity index (χ1v) is 0.565. The Morgan fingerprint density at radius 2 is 1.00 bits per heavy atom. The zero-order valence-electron chi connectivity index (χ0n) is 4.48. The van der Waals surface area contributed by atoms with Crippen LogP contribution in [-0.4, -0.2) is 37.7 Å². The van der Waals surface area contributed by atoms with E-state index in [1.54, 1.807) is 0 Å². The third kappa shape index (κ3) is 1790. The van der Waals surface area contributed by atoms with E-state index in [1.807, 2.05) is 0 Å². The normalized spacial score (nSPS) is 2.40. The van der Waals surface area contributed by atoms with Crippen molar-refractivity contribution in [2.75, 3.05) is 0 Å². The maximum atomic E-state index is 8.36. The van der Waals surface area contributed by atoms with Crippen LogP contribution in [0.3, 0.4) is 0 Å². The molecule has 0 spiro atoms. The van der Waals surface area contributed by atoms with Gasteiger partial charge in [-0.05, 0) is 0 Å². The van der Waals surface area contributed by atoms with Crippen LogP contribution in [-0.2, 0) is 0 Å². The molecule has 9 nitrogen and oxygen atoms in total. The van der Waals surface area contributed by atoms with E-state index >= 15 is 0 Å². The van der Waals surface area contributed by atoms with Crippen LogP contribution in [0.4, 0.5) is 0 Å². The van der Waals surface area contributed by atoms with Crippen molar-refractivity contribution in [3.63, 3.8) is 0 Å². The molecule has 0 saturated carbocycles. The third-order valence-corrected chi connectivity index (χ3v) is 0. The minimum atomic E-state index is -1.50. The molecule has 0 heterocycles. The number of hydrogen-bond acceptors (Lipinski definition) is 2. The van der Waals surface area contributed by atoms with Gasteiger partial charge in [0.05, 0.1) is 0 Å². The molecule has 0 aliphatic rings. The van der Waals surface area contributed by atoms with E-state index in [2.05, 4.69) is 0 Å². The molecule has 0 aromatic rings. The van der Waals surface area contributed by atoms with Crippen LogP contribution in [0.25, 0.3) is 0 Å². The van der Waals surface area contributed by atoms with Gasteiger partial charge in [-0.25, -0.2) is 0 Å². The predicted octanol–water partition coefficient (Wildman–Crippen LogP) is -4.47. The zero-order chi connectivity index (χ0) is 3.58. The topological polar surface area (TPSA) is 221 Å². The van der Waals surface area contributed by atoms with E-state index in [1.165, 1.54) is 0 Å². The molecule has 0 bridgehead atoms. The van der Waals surface area contributed by atoms with Crippen LogP contribution in [0.2, 0.25) is 0 Å². The maximum Gasteiger partial charge on any atom is 0.291 e. The van der Waals surface area contributed by atoms with Crippen molar-refractivity contribution in [2.45, 2.75) is 0 Å². The molecule has 0 aliphatic heterocycles. The van der Waals surface area contributed by atoms with Crippen molar-refractivity contribution in [2.24, 2.45) is 0 Å².